The fourth-order valence-electron chi connectivity index (χ4n) is 0.896. The summed E-state index contributed by atoms with van der Waals surface area (Å²) in [5, 5.41) is 27.3. The van der Waals surface area contributed by atoms with Crippen molar-refractivity contribution in [2.24, 2.45) is 0 Å². The monoisotopic (exact) mass is 279 g/mol. The van der Waals surface area contributed by atoms with Crippen LogP contribution in [0, 0.1) is 0 Å². The first kappa shape index (κ1) is 20.1. The van der Waals surface area contributed by atoms with Crippen molar-refractivity contribution in [2.75, 3.05) is 19.8 Å². The van der Waals surface area contributed by atoms with Gasteiger partial charge >= 0.3 is 11.9 Å². The predicted molar refractivity (Wildman–Crippen MR) is 70.1 cm³/mol. The van der Waals surface area contributed by atoms with Gasteiger partial charge in [-0.05, 0) is 6.42 Å². The van der Waals surface area contributed by atoms with Crippen LogP contribution in [0.2, 0.25) is 0 Å². The maximum Gasteiger partial charge on any atom is 0.414 e. The summed E-state index contributed by atoms with van der Waals surface area (Å²) in [7, 11) is 0. The van der Waals surface area contributed by atoms with Crippen molar-refractivity contribution in [3.05, 3.63) is 0 Å². The van der Waals surface area contributed by atoms with Gasteiger partial charge in [0.25, 0.3) is 0 Å². The Morgan fingerprint density at radius 2 is 1.74 bits per heavy atom. The molecule has 0 saturated carbocycles. The number of hydrogen-bond acceptors (Lipinski definition) is 5. The number of carboxylic acids is 2. The smallest absolute Gasteiger partial charge is 0.414 e. The summed E-state index contributed by atoms with van der Waals surface area (Å²) >= 11 is 0. The average Bonchev–Trinajstić information content (AvgIpc) is 2.32. The molecule has 0 aromatic carbocycles. The molecule has 0 aliphatic carbocycles. The summed E-state index contributed by atoms with van der Waals surface area (Å²) in [6, 6.07) is 0.422. The first-order valence-corrected chi connectivity index (χ1v) is 6.26. The molecule has 0 fully saturated rings. The van der Waals surface area contributed by atoms with Crippen molar-refractivity contribution < 1.29 is 29.6 Å². The van der Waals surface area contributed by atoms with Crippen molar-refractivity contribution in [2.45, 2.75) is 45.8 Å². The maximum atomic E-state index is 9.41. The van der Waals surface area contributed by atoms with Crippen molar-refractivity contribution in [3.63, 3.8) is 0 Å². The van der Waals surface area contributed by atoms with Gasteiger partial charge < -0.3 is 25.4 Å². The number of carboxylic acid groups (broad SMARTS) is 2. The van der Waals surface area contributed by atoms with Crippen LogP contribution < -0.4 is 5.32 Å². The Kier molecular flexibility index (Phi) is 14.1. The third-order valence-electron chi connectivity index (χ3n) is 1.90. The van der Waals surface area contributed by atoms with E-state index >= 15 is 0 Å². The van der Waals surface area contributed by atoms with Crippen molar-refractivity contribution in [1.29, 1.82) is 0 Å². The second-order valence-electron chi connectivity index (χ2n) is 4.26. The van der Waals surface area contributed by atoms with E-state index in [-0.39, 0.29) is 6.10 Å². The number of aliphatic hydroxyl groups is 1. The summed E-state index contributed by atoms with van der Waals surface area (Å²) in [5.41, 5.74) is 0. The zero-order valence-electron chi connectivity index (χ0n) is 11.8. The predicted octanol–water partition coefficient (Wildman–Crippen LogP) is 0.318. The number of aliphatic hydroxyl groups excluding tert-OH is 1. The molecule has 0 rings (SSSR count). The molecule has 0 amide bonds. The highest BCUT2D eigenvalue weighted by Gasteiger charge is 2.04. The Morgan fingerprint density at radius 1 is 1.21 bits per heavy atom. The molecule has 7 heteroatoms. The molecule has 0 saturated heterocycles. The summed E-state index contributed by atoms with van der Waals surface area (Å²) in [5.74, 6) is -3.65. The van der Waals surface area contributed by atoms with Gasteiger partial charge in [-0.25, -0.2) is 9.59 Å². The van der Waals surface area contributed by atoms with Crippen LogP contribution in [0.25, 0.3) is 0 Å². The lowest BCUT2D eigenvalue weighted by atomic mass is 10.3. The zero-order valence-corrected chi connectivity index (χ0v) is 11.8. The lowest BCUT2D eigenvalue weighted by molar-refractivity contribution is -0.159. The van der Waals surface area contributed by atoms with E-state index in [1.165, 1.54) is 0 Å². The summed E-state index contributed by atoms with van der Waals surface area (Å²) in [6.45, 7) is 8.06. The fraction of sp³-hybridized carbons (Fsp3) is 0.833. The quantitative estimate of drug-likeness (QED) is 0.373. The van der Waals surface area contributed by atoms with Crippen LogP contribution in [0.1, 0.15) is 33.6 Å². The largest absolute Gasteiger partial charge is 0.473 e. The van der Waals surface area contributed by atoms with Gasteiger partial charge in [-0.2, -0.15) is 0 Å². The second kappa shape index (κ2) is 13.3. The third kappa shape index (κ3) is 19.3. The van der Waals surface area contributed by atoms with Gasteiger partial charge in [0.1, 0.15) is 0 Å². The van der Waals surface area contributed by atoms with Crippen LogP contribution in [-0.2, 0) is 14.3 Å². The highest BCUT2D eigenvalue weighted by molar-refractivity contribution is 6.27. The molecule has 7 nitrogen and oxygen atoms in total. The Hall–Kier alpha value is -1.18. The Bertz CT molecular complexity index is 232. The first-order valence-electron chi connectivity index (χ1n) is 6.26. The highest BCUT2D eigenvalue weighted by Crippen LogP contribution is 1.90. The molecular formula is C12H25NO6. The van der Waals surface area contributed by atoms with E-state index in [9.17, 15) is 5.11 Å². The number of aliphatic carboxylic acids is 2. The molecule has 19 heavy (non-hydrogen) atoms. The molecule has 0 spiro atoms. The topological polar surface area (TPSA) is 116 Å². The van der Waals surface area contributed by atoms with Crippen LogP contribution >= 0.6 is 0 Å². The van der Waals surface area contributed by atoms with Crippen LogP contribution in [0.4, 0.5) is 0 Å². The minimum atomic E-state index is -1.82. The summed E-state index contributed by atoms with van der Waals surface area (Å²) in [6.07, 6.45) is 1.84. The molecule has 0 aliphatic rings. The first-order chi connectivity index (χ1) is 8.81. The van der Waals surface area contributed by atoms with E-state index in [1.54, 1.807) is 0 Å². The highest BCUT2D eigenvalue weighted by atomic mass is 16.5. The molecule has 1 unspecified atom stereocenters. The Morgan fingerprint density at radius 3 is 2.11 bits per heavy atom. The maximum absolute atomic E-state index is 9.41. The lowest BCUT2D eigenvalue weighted by Gasteiger charge is -2.13. The van der Waals surface area contributed by atoms with Crippen molar-refractivity contribution in [3.8, 4) is 0 Å². The van der Waals surface area contributed by atoms with E-state index in [0.717, 1.165) is 19.4 Å². The standard InChI is InChI=1S/C10H23NO2.C2H2O4/c1-4-5-6-13-8-10(12)7-11-9(2)3;3-1(4)2(5)6/h9-12H,4-8H2,1-3H3;(H,3,4)(H,5,6). The van der Waals surface area contributed by atoms with Gasteiger partial charge in [-0.1, -0.05) is 27.2 Å². The van der Waals surface area contributed by atoms with Crippen LogP contribution in [0.5, 0.6) is 0 Å². The molecule has 4 N–H and O–H groups in total. The van der Waals surface area contributed by atoms with E-state index < -0.39 is 11.9 Å². The summed E-state index contributed by atoms with van der Waals surface area (Å²) < 4.78 is 5.28. The van der Waals surface area contributed by atoms with Gasteiger partial charge in [-0.15, -0.1) is 0 Å². The Labute approximate surface area is 113 Å². The van der Waals surface area contributed by atoms with E-state index in [0.29, 0.717) is 19.2 Å². The van der Waals surface area contributed by atoms with Crippen molar-refractivity contribution in [1.82, 2.24) is 5.32 Å². The van der Waals surface area contributed by atoms with Gasteiger partial charge in [0, 0.05) is 19.2 Å². The van der Waals surface area contributed by atoms with E-state index in [2.05, 4.69) is 26.1 Å². The van der Waals surface area contributed by atoms with Crippen molar-refractivity contribution >= 4 is 11.9 Å². The number of unbranched alkanes of at least 4 members (excludes halogenated alkanes) is 1. The molecule has 0 bridgehead atoms. The number of hydrogen-bond donors (Lipinski definition) is 4. The second-order valence-corrected chi connectivity index (χ2v) is 4.26. The SMILES string of the molecule is CCCCOCC(O)CNC(C)C.O=C(O)C(=O)O. The average molecular weight is 279 g/mol. The van der Waals surface area contributed by atoms with Crippen LogP contribution in [-0.4, -0.2) is 59.2 Å². The normalized spacial score (nSPS) is 11.6. The molecule has 0 aromatic heterocycles. The minimum Gasteiger partial charge on any atom is -0.473 e. The Balaban J connectivity index is 0. The molecule has 114 valence electrons. The molecule has 0 aliphatic heterocycles. The summed E-state index contributed by atoms with van der Waals surface area (Å²) in [4.78, 5) is 18.2. The fourth-order valence-corrected chi connectivity index (χ4v) is 0.896. The van der Waals surface area contributed by atoms with Crippen LogP contribution in [0.3, 0.4) is 0 Å². The van der Waals surface area contributed by atoms with Gasteiger partial charge in [0.2, 0.25) is 0 Å². The van der Waals surface area contributed by atoms with E-state index in [4.69, 9.17) is 24.5 Å². The van der Waals surface area contributed by atoms with Gasteiger partial charge in [0.15, 0.2) is 0 Å². The lowest BCUT2D eigenvalue weighted by Crippen LogP contribution is -2.34. The number of carbonyl (C=O) groups is 2. The third-order valence-corrected chi connectivity index (χ3v) is 1.90. The number of nitrogens with one attached hydrogen (secondary N) is 1. The van der Waals surface area contributed by atoms with Crippen LogP contribution in [0.15, 0.2) is 0 Å². The molecule has 0 aromatic rings. The van der Waals surface area contributed by atoms with E-state index in [1.807, 2.05) is 0 Å². The zero-order chi connectivity index (χ0) is 15.3. The van der Waals surface area contributed by atoms with Gasteiger partial charge in [-0.3, -0.25) is 0 Å². The molecule has 0 radical (unpaired) electrons. The molecule has 1 atom stereocenters. The molecule has 0 heterocycles. The number of rotatable bonds is 8. The molecular weight excluding hydrogens is 254 g/mol. The van der Waals surface area contributed by atoms with Gasteiger partial charge in [0.05, 0.1) is 12.7 Å². The minimum absolute atomic E-state index is 0.376. The number of ether oxygens (including phenoxy) is 1.